The monoisotopic (exact) mass is 699 g/mol. The molecule has 1 amide bonds. The molecule has 4 rings (SSSR count). The third kappa shape index (κ3) is 9.58. The maximum absolute atomic E-state index is 16.3. The molecule has 1 saturated heterocycles. The Balaban J connectivity index is 1.66. The van der Waals surface area contributed by atoms with E-state index in [4.69, 9.17) is 33.1 Å². The summed E-state index contributed by atoms with van der Waals surface area (Å²) in [6.45, 7) is 21.6. The van der Waals surface area contributed by atoms with Gasteiger partial charge in [0.1, 0.15) is 29.4 Å². The van der Waals surface area contributed by atoms with Gasteiger partial charge >= 0.3 is 6.09 Å². The van der Waals surface area contributed by atoms with Gasteiger partial charge in [-0.2, -0.15) is 0 Å². The summed E-state index contributed by atoms with van der Waals surface area (Å²) < 4.78 is 46.0. The fourth-order valence-electron chi connectivity index (χ4n) is 5.38. The number of hydrogen-bond acceptors (Lipinski definition) is 10. The summed E-state index contributed by atoms with van der Waals surface area (Å²) in [4.78, 5) is 25.7. The van der Waals surface area contributed by atoms with Gasteiger partial charge in [-0.25, -0.2) is 19.2 Å². The topological polar surface area (TPSA) is 112 Å². The first-order chi connectivity index (χ1) is 22.8. The van der Waals surface area contributed by atoms with Crippen LogP contribution in [0.15, 0.2) is 28.8 Å². The number of nitrogens with zero attached hydrogens (tertiary/aromatic N) is 5. The molecule has 49 heavy (non-hydrogen) atoms. The number of amides is 1. The smallest absolute Gasteiger partial charge is 0.410 e. The standard InChI is InChI=1S/C36H54FN5O6Si/c1-23-29(24(2)47-40-23)31-30(37)33(42(10)26-16-18-44-19-17-26)39-32(38-31)25-14-13-15-27(20-25)45-22-28(48-49(11,12)36(6,7)8)21-41(9)34(43)46-35(3,4)5/h13-15,20,26,28H,16-19,21-22H2,1-12H3. The van der Waals surface area contributed by atoms with Gasteiger partial charge in [-0.3, -0.25) is 0 Å². The average molecular weight is 700 g/mol. The Labute approximate surface area is 291 Å². The van der Waals surface area contributed by atoms with Gasteiger partial charge in [0.25, 0.3) is 0 Å². The van der Waals surface area contributed by atoms with Crippen LogP contribution in [0.3, 0.4) is 0 Å². The zero-order valence-electron chi connectivity index (χ0n) is 31.3. The number of rotatable bonds is 11. The van der Waals surface area contributed by atoms with Crippen molar-refractivity contribution in [2.45, 2.75) is 104 Å². The van der Waals surface area contributed by atoms with Crippen molar-refractivity contribution in [3.05, 3.63) is 41.5 Å². The second-order valence-electron chi connectivity index (χ2n) is 15.4. The first kappa shape index (κ1) is 38.3. The molecule has 0 saturated carbocycles. The van der Waals surface area contributed by atoms with E-state index in [0.29, 0.717) is 47.4 Å². The van der Waals surface area contributed by atoms with Crippen molar-refractivity contribution in [3.63, 3.8) is 0 Å². The lowest BCUT2D eigenvalue weighted by atomic mass is 10.1. The van der Waals surface area contributed by atoms with Crippen LogP contribution >= 0.6 is 0 Å². The van der Waals surface area contributed by atoms with Crippen LogP contribution in [0.2, 0.25) is 18.1 Å². The SMILES string of the molecule is Cc1noc(C)c1-c1nc(-c2cccc(OCC(CN(C)C(=O)OC(C)(C)C)O[Si](C)(C)C(C)(C)C)c2)nc(N(C)C2CCOCC2)c1F. The summed E-state index contributed by atoms with van der Waals surface area (Å²) >= 11 is 0. The number of anilines is 1. The maximum Gasteiger partial charge on any atom is 0.410 e. The maximum atomic E-state index is 16.3. The van der Waals surface area contributed by atoms with Crippen molar-refractivity contribution < 1.29 is 32.3 Å². The second kappa shape index (κ2) is 15.1. The molecule has 1 fully saturated rings. The highest BCUT2D eigenvalue weighted by molar-refractivity contribution is 6.74. The normalized spacial score (nSPS) is 15.2. The van der Waals surface area contributed by atoms with E-state index in [1.165, 1.54) is 4.90 Å². The third-order valence-electron chi connectivity index (χ3n) is 9.15. The summed E-state index contributed by atoms with van der Waals surface area (Å²) in [7, 11) is 1.33. The van der Waals surface area contributed by atoms with Crippen LogP contribution in [0.1, 0.15) is 65.8 Å². The van der Waals surface area contributed by atoms with Gasteiger partial charge in [0.05, 0.1) is 23.9 Å². The van der Waals surface area contributed by atoms with Crippen LogP contribution in [0.4, 0.5) is 15.0 Å². The number of ether oxygens (including phenoxy) is 3. The molecule has 3 aromatic rings. The van der Waals surface area contributed by atoms with Crippen LogP contribution in [0, 0.1) is 19.7 Å². The summed E-state index contributed by atoms with van der Waals surface area (Å²) in [6, 6.07) is 7.47. The molecule has 0 bridgehead atoms. The molecule has 1 unspecified atom stereocenters. The fourth-order valence-corrected chi connectivity index (χ4v) is 6.71. The van der Waals surface area contributed by atoms with Crippen molar-refractivity contribution in [1.29, 1.82) is 0 Å². The van der Waals surface area contributed by atoms with Gasteiger partial charge in [-0.05, 0) is 77.7 Å². The molecule has 13 heteroatoms. The van der Waals surface area contributed by atoms with Crippen LogP contribution in [0.25, 0.3) is 22.6 Å². The zero-order valence-corrected chi connectivity index (χ0v) is 32.3. The fraction of sp³-hybridized carbons (Fsp3) is 0.611. The van der Waals surface area contributed by atoms with E-state index in [2.05, 4.69) is 39.0 Å². The molecule has 1 atom stereocenters. The molecule has 3 heterocycles. The molecular formula is C36H54FN5O6Si. The molecular weight excluding hydrogens is 646 g/mol. The predicted octanol–water partition coefficient (Wildman–Crippen LogP) is 7.81. The van der Waals surface area contributed by atoms with Crippen LogP contribution < -0.4 is 9.64 Å². The van der Waals surface area contributed by atoms with Gasteiger partial charge in [0.2, 0.25) is 0 Å². The van der Waals surface area contributed by atoms with Gasteiger partial charge in [-0.15, -0.1) is 0 Å². The summed E-state index contributed by atoms with van der Waals surface area (Å²) in [6.07, 6.45) is 0.679. The Kier molecular flexibility index (Phi) is 11.8. The van der Waals surface area contributed by atoms with Crippen LogP contribution in [-0.4, -0.2) is 92.6 Å². The van der Waals surface area contributed by atoms with Gasteiger partial charge < -0.3 is 33.0 Å². The highest BCUT2D eigenvalue weighted by atomic mass is 28.4. The van der Waals surface area contributed by atoms with E-state index in [1.807, 2.05) is 57.0 Å². The molecule has 0 radical (unpaired) electrons. The summed E-state index contributed by atoms with van der Waals surface area (Å²) in [5, 5.41) is 4.00. The first-order valence-corrected chi connectivity index (χ1v) is 19.8. The third-order valence-corrected chi connectivity index (χ3v) is 13.7. The number of carbonyl (C=O) groups is 1. The van der Waals surface area contributed by atoms with E-state index < -0.39 is 31.9 Å². The van der Waals surface area contributed by atoms with E-state index in [9.17, 15) is 4.79 Å². The zero-order chi connectivity index (χ0) is 36.3. The molecule has 1 aliphatic rings. The lowest BCUT2D eigenvalue weighted by Gasteiger charge is -2.40. The Bertz CT molecular complexity index is 1580. The Morgan fingerprint density at radius 1 is 1.08 bits per heavy atom. The van der Waals surface area contributed by atoms with Gasteiger partial charge in [0.15, 0.2) is 25.8 Å². The van der Waals surface area contributed by atoms with E-state index in [1.54, 1.807) is 20.9 Å². The predicted molar refractivity (Wildman–Crippen MR) is 191 cm³/mol. The summed E-state index contributed by atoms with van der Waals surface area (Å²) in [5.41, 5.74) is 1.22. The Hall–Kier alpha value is -3.55. The lowest BCUT2D eigenvalue weighted by molar-refractivity contribution is 0.0172. The highest BCUT2D eigenvalue weighted by Gasteiger charge is 2.40. The number of aryl methyl sites for hydroxylation is 2. The second-order valence-corrected chi connectivity index (χ2v) is 20.1. The van der Waals surface area contributed by atoms with E-state index >= 15 is 4.39 Å². The first-order valence-electron chi connectivity index (χ1n) is 16.9. The molecule has 1 aromatic carbocycles. The summed E-state index contributed by atoms with van der Waals surface area (Å²) in [5.74, 6) is 1.05. The lowest BCUT2D eigenvalue weighted by Crippen LogP contribution is -2.49. The molecule has 1 aliphatic heterocycles. The van der Waals surface area contributed by atoms with Crippen LogP contribution in [-0.2, 0) is 13.9 Å². The van der Waals surface area contributed by atoms with E-state index in [0.717, 1.165) is 12.8 Å². The molecule has 270 valence electrons. The molecule has 0 aliphatic carbocycles. The number of aromatic nitrogens is 3. The quantitative estimate of drug-likeness (QED) is 0.184. The van der Waals surface area contributed by atoms with E-state index in [-0.39, 0.29) is 35.7 Å². The number of benzene rings is 1. The van der Waals surface area contributed by atoms with Crippen LogP contribution in [0.5, 0.6) is 5.75 Å². The molecule has 11 nitrogen and oxygen atoms in total. The minimum atomic E-state index is -2.24. The Morgan fingerprint density at radius 3 is 2.35 bits per heavy atom. The van der Waals surface area contributed by atoms with Crippen molar-refractivity contribution >= 4 is 20.2 Å². The highest BCUT2D eigenvalue weighted by Crippen LogP contribution is 2.38. The molecule has 2 aromatic heterocycles. The average Bonchev–Trinajstić information content (AvgIpc) is 3.35. The minimum Gasteiger partial charge on any atom is -0.491 e. The Morgan fingerprint density at radius 2 is 1.76 bits per heavy atom. The van der Waals surface area contributed by atoms with Crippen molar-refractivity contribution in [1.82, 2.24) is 20.0 Å². The van der Waals surface area contributed by atoms with Crippen molar-refractivity contribution in [2.24, 2.45) is 0 Å². The minimum absolute atomic E-state index is 0.0516. The molecule has 0 spiro atoms. The number of likely N-dealkylation sites (N-methyl/N-ethyl adjacent to an activating group) is 1. The number of halogens is 1. The molecule has 0 N–H and O–H groups in total. The number of carbonyl (C=O) groups excluding carboxylic acids is 1. The van der Waals surface area contributed by atoms with Crippen molar-refractivity contribution in [3.8, 4) is 28.4 Å². The van der Waals surface area contributed by atoms with Gasteiger partial charge in [0, 0.05) is 38.9 Å². The number of hydrogen-bond donors (Lipinski definition) is 0. The van der Waals surface area contributed by atoms with Gasteiger partial charge in [-0.1, -0.05) is 38.1 Å². The largest absolute Gasteiger partial charge is 0.491 e. The van der Waals surface area contributed by atoms with Crippen molar-refractivity contribution in [2.75, 3.05) is 45.4 Å².